The van der Waals surface area contributed by atoms with Crippen molar-refractivity contribution < 1.29 is 9.53 Å². The second kappa shape index (κ2) is 6.77. The molecule has 0 aliphatic heterocycles. The van der Waals surface area contributed by atoms with E-state index in [1.165, 1.54) is 0 Å². The minimum absolute atomic E-state index is 0.240. The summed E-state index contributed by atoms with van der Waals surface area (Å²) in [6, 6.07) is 14.8. The van der Waals surface area contributed by atoms with Gasteiger partial charge in [-0.05, 0) is 53.6 Å². The molecule has 0 aromatic heterocycles. The standard InChI is InChI=1S/C21H20ClNO2/c1-12(2)16-11-15(10-14-7-5-8-17(22)20(14)16)25-21(24)19-13(3)6-4-9-18(19)23/h4-12H,23H2,1-3H3. The lowest BCUT2D eigenvalue weighted by molar-refractivity contribution is 0.0735. The first-order valence-corrected chi connectivity index (χ1v) is 8.55. The third-order valence-electron chi connectivity index (χ3n) is 4.27. The lowest BCUT2D eigenvalue weighted by Gasteiger charge is -2.15. The molecule has 0 bridgehead atoms. The fraction of sp³-hybridized carbons (Fsp3) is 0.190. The van der Waals surface area contributed by atoms with E-state index in [4.69, 9.17) is 22.1 Å². The van der Waals surface area contributed by atoms with Crippen molar-refractivity contribution >= 4 is 34.0 Å². The van der Waals surface area contributed by atoms with Crippen LogP contribution in [0.2, 0.25) is 5.02 Å². The normalized spacial score (nSPS) is 11.1. The predicted molar refractivity (Wildman–Crippen MR) is 104 cm³/mol. The van der Waals surface area contributed by atoms with E-state index in [2.05, 4.69) is 13.8 Å². The predicted octanol–water partition coefficient (Wildman–Crippen LogP) is 5.73. The van der Waals surface area contributed by atoms with Crippen molar-refractivity contribution in [1.29, 1.82) is 0 Å². The van der Waals surface area contributed by atoms with Crippen LogP contribution < -0.4 is 10.5 Å². The maximum Gasteiger partial charge on any atom is 0.345 e. The van der Waals surface area contributed by atoms with Gasteiger partial charge in [-0.25, -0.2) is 4.79 Å². The quantitative estimate of drug-likeness (QED) is 0.372. The largest absolute Gasteiger partial charge is 0.423 e. The van der Waals surface area contributed by atoms with Crippen LogP contribution in [-0.2, 0) is 0 Å². The molecule has 0 fully saturated rings. The highest BCUT2D eigenvalue weighted by Crippen LogP contribution is 2.35. The average Bonchev–Trinajstić information content (AvgIpc) is 2.54. The first-order valence-electron chi connectivity index (χ1n) is 8.18. The van der Waals surface area contributed by atoms with Crippen LogP contribution in [0.4, 0.5) is 5.69 Å². The molecule has 0 atom stereocenters. The van der Waals surface area contributed by atoms with Gasteiger partial charge in [0.15, 0.2) is 0 Å². The summed E-state index contributed by atoms with van der Waals surface area (Å²) in [6.45, 7) is 6.01. The lowest BCUT2D eigenvalue weighted by atomic mass is 9.95. The molecule has 128 valence electrons. The summed E-state index contributed by atoms with van der Waals surface area (Å²) >= 11 is 6.38. The van der Waals surface area contributed by atoms with Crippen molar-refractivity contribution in [3.63, 3.8) is 0 Å². The monoisotopic (exact) mass is 353 g/mol. The summed E-state index contributed by atoms with van der Waals surface area (Å²) in [7, 11) is 0. The zero-order chi connectivity index (χ0) is 18.1. The van der Waals surface area contributed by atoms with Crippen LogP contribution in [0.3, 0.4) is 0 Å². The molecule has 0 unspecified atom stereocenters. The Labute approximate surface area is 152 Å². The number of anilines is 1. The van der Waals surface area contributed by atoms with Crippen LogP contribution in [0, 0.1) is 6.92 Å². The number of nitrogens with two attached hydrogens (primary N) is 1. The van der Waals surface area contributed by atoms with Crippen LogP contribution in [0.25, 0.3) is 10.8 Å². The number of rotatable bonds is 3. The fourth-order valence-corrected chi connectivity index (χ4v) is 3.32. The summed E-state index contributed by atoms with van der Waals surface area (Å²) in [5.41, 5.74) is 8.60. The van der Waals surface area contributed by atoms with Gasteiger partial charge in [-0.3, -0.25) is 0 Å². The number of fused-ring (bicyclic) bond motifs is 1. The number of hydrogen-bond donors (Lipinski definition) is 1. The molecule has 3 nitrogen and oxygen atoms in total. The van der Waals surface area contributed by atoms with Crippen molar-refractivity contribution in [2.24, 2.45) is 0 Å². The second-order valence-electron chi connectivity index (χ2n) is 6.43. The van der Waals surface area contributed by atoms with E-state index in [1.807, 2.05) is 49.4 Å². The molecule has 0 saturated heterocycles. The van der Waals surface area contributed by atoms with Crippen LogP contribution in [0.15, 0.2) is 48.5 Å². The number of carbonyl (C=O) groups is 1. The van der Waals surface area contributed by atoms with Crippen LogP contribution in [0.5, 0.6) is 5.75 Å². The van der Waals surface area contributed by atoms with E-state index < -0.39 is 5.97 Å². The molecular weight excluding hydrogens is 334 g/mol. The molecule has 0 aliphatic rings. The van der Waals surface area contributed by atoms with E-state index >= 15 is 0 Å². The minimum atomic E-state index is -0.452. The molecule has 25 heavy (non-hydrogen) atoms. The van der Waals surface area contributed by atoms with E-state index in [0.717, 1.165) is 21.9 Å². The maximum absolute atomic E-state index is 12.6. The first-order chi connectivity index (χ1) is 11.9. The van der Waals surface area contributed by atoms with Gasteiger partial charge >= 0.3 is 5.97 Å². The van der Waals surface area contributed by atoms with E-state index in [1.54, 1.807) is 6.07 Å². The molecule has 0 radical (unpaired) electrons. The molecule has 4 heteroatoms. The van der Waals surface area contributed by atoms with Gasteiger partial charge < -0.3 is 10.5 Å². The van der Waals surface area contributed by atoms with Crippen LogP contribution >= 0.6 is 11.6 Å². The highest BCUT2D eigenvalue weighted by molar-refractivity contribution is 6.35. The van der Waals surface area contributed by atoms with E-state index in [0.29, 0.717) is 22.0 Å². The Hall–Kier alpha value is -2.52. The zero-order valence-corrected chi connectivity index (χ0v) is 15.2. The lowest BCUT2D eigenvalue weighted by Crippen LogP contribution is -2.13. The summed E-state index contributed by atoms with van der Waals surface area (Å²) in [5, 5.41) is 2.64. The Balaban J connectivity index is 2.07. The minimum Gasteiger partial charge on any atom is -0.423 e. The fourth-order valence-electron chi connectivity index (χ4n) is 3.03. The van der Waals surface area contributed by atoms with Gasteiger partial charge in [0.05, 0.1) is 5.56 Å². The van der Waals surface area contributed by atoms with Crippen LogP contribution in [-0.4, -0.2) is 5.97 Å². The highest BCUT2D eigenvalue weighted by Gasteiger charge is 2.17. The Morgan fingerprint density at radius 2 is 1.84 bits per heavy atom. The Morgan fingerprint density at radius 1 is 1.12 bits per heavy atom. The number of esters is 1. The third-order valence-corrected chi connectivity index (χ3v) is 4.59. The van der Waals surface area contributed by atoms with Crippen molar-refractivity contribution in [1.82, 2.24) is 0 Å². The molecule has 0 spiro atoms. The topological polar surface area (TPSA) is 52.3 Å². The van der Waals surface area contributed by atoms with E-state index in [9.17, 15) is 4.79 Å². The zero-order valence-electron chi connectivity index (χ0n) is 14.5. The van der Waals surface area contributed by atoms with Crippen molar-refractivity contribution in [3.8, 4) is 5.75 Å². The molecule has 0 aliphatic carbocycles. The number of halogens is 1. The number of nitrogen functional groups attached to an aromatic ring is 1. The van der Waals surface area contributed by atoms with Crippen molar-refractivity contribution in [2.75, 3.05) is 5.73 Å². The molecule has 3 aromatic rings. The maximum atomic E-state index is 12.6. The molecule has 0 saturated carbocycles. The molecular formula is C21H20ClNO2. The van der Waals surface area contributed by atoms with Gasteiger partial charge in [-0.1, -0.05) is 49.7 Å². The first kappa shape index (κ1) is 17.3. The number of ether oxygens (including phenoxy) is 1. The summed E-state index contributed by atoms with van der Waals surface area (Å²) in [5.74, 6) is 0.280. The average molecular weight is 354 g/mol. The van der Waals surface area contributed by atoms with Crippen molar-refractivity contribution in [2.45, 2.75) is 26.7 Å². The van der Waals surface area contributed by atoms with Gasteiger partial charge in [0, 0.05) is 16.1 Å². The second-order valence-corrected chi connectivity index (χ2v) is 6.84. The van der Waals surface area contributed by atoms with Gasteiger partial charge in [0.1, 0.15) is 5.75 Å². The summed E-state index contributed by atoms with van der Waals surface area (Å²) < 4.78 is 5.64. The SMILES string of the molecule is Cc1cccc(N)c1C(=O)Oc1cc(C(C)C)c2c(Cl)cccc2c1. The molecule has 3 rings (SSSR count). The van der Waals surface area contributed by atoms with Gasteiger partial charge in [-0.2, -0.15) is 0 Å². The molecule has 0 heterocycles. The number of hydrogen-bond acceptors (Lipinski definition) is 3. The number of benzene rings is 3. The van der Waals surface area contributed by atoms with Gasteiger partial charge in [0.25, 0.3) is 0 Å². The highest BCUT2D eigenvalue weighted by atomic mass is 35.5. The molecule has 2 N–H and O–H groups in total. The Kier molecular flexibility index (Phi) is 4.69. The molecule has 0 amide bonds. The van der Waals surface area contributed by atoms with E-state index in [-0.39, 0.29) is 5.92 Å². The van der Waals surface area contributed by atoms with Crippen molar-refractivity contribution in [3.05, 3.63) is 70.2 Å². The number of carbonyl (C=O) groups excluding carboxylic acids is 1. The number of aryl methyl sites for hydroxylation is 1. The van der Waals surface area contributed by atoms with Gasteiger partial charge in [0.2, 0.25) is 0 Å². The summed E-state index contributed by atoms with van der Waals surface area (Å²) in [4.78, 5) is 12.6. The summed E-state index contributed by atoms with van der Waals surface area (Å²) in [6.07, 6.45) is 0. The molecule has 3 aromatic carbocycles. The van der Waals surface area contributed by atoms with Crippen LogP contribution in [0.1, 0.15) is 41.3 Å². The van der Waals surface area contributed by atoms with Gasteiger partial charge in [-0.15, -0.1) is 0 Å². The Morgan fingerprint density at radius 3 is 2.52 bits per heavy atom. The smallest absolute Gasteiger partial charge is 0.345 e. The Bertz CT molecular complexity index is 943. The third kappa shape index (κ3) is 3.33.